The van der Waals surface area contributed by atoms with Crippen molar-refractivity contribution in [3.8, 4) is 0 Å². The van der Waals surface area contributed by atoms with Crippen LogP contribution in [-0.2, 0) is 4.74 Å². The van der Waals surface area contributed by atoms with Crippen LogP contribution in [0.2, 0.25) is 0 Å². The number of anilines is 1. The zero-order chi connectivity index (χ0) is 14.0. The molecule has 2 rings (SSSR count). The van der Waals surface area contributed by atoms with E-state index in [9.17, 15) is 4.79 Å². The van der Waals surface area contributed by atoms with E-state index in [1.165, 1.54) is 0 Å². The largest absolute Gasteiger partial charge is 0.445 e. The van der Waals surface area contributed by atoms with Crippen LogP contribution in [0.25, 0.3) is 11.1 Å². The number of oxazole rings is 1. The first-order valence-corrected chi connectivity index (χ1v) is 6.34. The fourth-order valence-electron chi connectivity index (χ4n) is 1.42. The zero-order valence-corrected chi connectivity index (χ0v) is 12.0. The Bertz CT molecular complexity index is 607. The Hall–Kier alpha value is -1.17. The number of halogens is 3. The summed E-state index contributed by atoms with van der Waals surface area (Å²) in [5.41, 5.74) is 1.77. The molecule has 0 aliphatic rings. The summed E-state index contributed by atoms with van der Waals surface area (Å²) in [4.78, 5) is 15.6. The van der Waals surface area contributed by atoms with Crippen molar-refractivity contribution in [2.75, 3.05) is 11.9 Å². The van der Waals surface area contributed by atoms with Crippen molar-refractivity contribution < 1.29 is 13.9 Å². The van der Waals surface area contributed by atoms with Crippen LogP contribution in [0.4, 0.5) is 10.5 Å². The van der Waals surface area contributed by atoms with Gasteiger partial charge in [0.15, 0.2) is 11.5 Å². The van der Waals surface area contributed by atoms with Crippen LogP contribution < -0.4 is 5.32 Å². The van der Waals surface area contributed by atoms with Crippen molar-refractivity contribution in [2.45, 2.75) is 10.7 Å². The molecule has 0 unspecified atom stereocenters. The highest BCUT2D eigenvalue weighted by Crippen LogP contribution is 2.26. The van der Waals surface area contributed by atoms with Crippen LogP contribution in [0.1, 0.15) is 5.89 Å². The maximum absolute atomic E-state index is 11.4. The van der Waals surface area contributed by atoms with Crippen molar-refractivity contribution in [3.63, 3.8) is 0 Å². The zero-order valence-electron chi connectivity index (χ0n) is 9.75. The number of nitrogens with zero attached hydrogens (tertiary/aromatic N) is 1. The van der Waals surface area contributed by atoms with Crippen LogP contribution in [0.3, 0.4) is 0 Å². The van der Waals surface area contributed by atoms with E-state index in [1.807, 2.05) is 0 Å². The van der Waals surface area contributed by atoms with Gasteiger partial charge in [0.2, 0.25) is 3.79 Å². The van der Waals surface area contributed by atoms with Crippen LogP contribution in [0, 0.1) is 6.92 Å². The van der Waals surface area contributed by atoms with Crippen LogP contribution >= 0.6 is 34.8 Å². The van der Waals surface area contributed by atoms with Gasteiger partial charge in [-0.25, -0.2) is 9.78 Å². The van der Waals surface area contributed by atoms with Gasteiger partial charge in [-0.1, -0.05) is 34.8 Å². The molecular weight excluding hydrogens is 314 g/mol. The second-order valence-electron chi connectivity index (χ2n) is 3.73. The van der Waals surface area contributed by atoms with Crippen molar-refractivity contribution in [1.29, 1.82) is 0 Å². The van der Waals surface area contributed by atoms with Crippen LogP contribution in [0.15, 0.2) is 22.6 Å². The van der Waals surface area contributed by atoms with Gasteiger partial charge in [-0.05, 0) is 12.1 Å². The van der Waals surface area contributed by atoms with Gasteiger partial charge in [-0.3, -0.25) is 5.32 Å². The van der Waals surface area contributed by atoms with Gasteiger partial charge < -0.3 is 9.15 Å². The van der Waals surface area contributed by atoms with Gasteiger partial charge in [0.05, 0.1) is 0 Å². The fraction of sp³-hybridized carbons (Fsp3) is 0.273. The summed E-state index contributed by atoms with van der Waals surface area (Å²) in [5, 5.41) is 2.49. The van der Waals surface area contributed by atoms with Gasteiger partial charge in [-0.2, -0.15) is 0 Å². The predicted octanol–water partition coefficient (Wildman–Crippen LogP) is 4.05. The average molecular weight is 324 g/mol. The van der Waals surface area contributed by atoms with E-state index < -0.39 is 9.89 Å². The molecule has 2 aromatic rings. The summed E-state index contributed by atoms with van der Waals surface area (Å²) < 4.78 is 8.44. The first-order valence-electron chi connectivity index (χ1n) is 5.21. The highest BCUT2D eigenvalue weighted by Gasteiger charge is 2.22. The standard InChI is InChI=1S/C11H9Cl3N2O3/c1-6-15-8-3-2-7(4-9(8)19-6)16-10(17)18-5-11(12,13)14/h2-4H,5H2,1H3,(H,16,17). The predicted molar refractivity (Wildman–Crippen MR) is 74.0 cm³/mol. The van der Waals surface area contributed by atoms with Crippen LogP contribution in [-0.4, -0.2) is 21.5 Å². The molecule has 1 aromatic carbocycles. The number of nitrogens with one attached hydrogen (secondary N) is 1. The molecule has 0 atom stereocenters. The average Bonchev–Trinajstić information content (AvgIpc) is 2.65. The normalized spacial score (nSPS) is 11.6. The summed E-state index contributed by atoms with van der Waals surface area (Å²) in [6.45, 7) is 1.40. The SMILES string of the molecule is Cc1nc2ccc(NC(=O)OCC(Cl)(Cl)Cl)cc2o1. The number of alkyl halides is 3. The topological polar surface area (TPSA) is 64.4 Å². The first kappa shape index (κ1) is 14.2. The molecule has 102 valence electrons. The quantitative estimate of drug-likeness (QED) is 0.847. The number of hydrogen-bond donors (Lipinski definition) is 1. The number of benzene rings is 1. The highest BCUT2D eigenvalue weighted by molar-refractivity contribution is 6.67. The Morgan fingerprint density at radius 3 is 2.89 bits per heavy atom. The lowest BCUT2D eigenvalue weighted by atomic mass is 10.3. The van der Waals surface area contributed by atoms with Gasteiger partial charge in [0.25, 0.3) is 0 Å². The molecule has 0 radical (unpaired) electrons. The minimum Gasteiger partial charge on any atom is -0.445 e. The third kappa shape index (κ3) is 4.16. The second-order valence-corrected chi connectivity index (χ2v) is 6.25. The van der Waals surface area contributed by atoms with E-state index in [2.05, 4.69) is 10.3 Å². The third-order valence-corrected chi connectivity index (χ3v) is 2.44. The molecule has 0 aliphatic carbocycles. The maximum Gasteiger partial charge on any atom is 0.411 e. The number of ether oxygens (including phenoxy) is 1. The van der Waals surface area contributed by atoms with E-state index in [-0.39, 0.29) is 6.61 Å². The number of hydrogen-bond acceptors (Lipinski definition) is 4. The minimum atomic E-state index is -1.64. The molecule has 1 heterocycles. The summed E-state index contributed by atoms with van der Waals surface area (Å²) in [6, 6.07) is 5.02. The molecule has 0 spiro atoms. The molecule has 8 heteroatoms. The molecular formula is C11H9Cl3N2O3. The van der Waals surface area contributed by atoms with Gasteiger partial charge in [0.1, 0.15) is 12.1 Å². The van der Waals surface area contributed by atoms with Crippen molar-refractivity contribution in [3.05, 3.63) is 24.1 Å². The lowest BCUT2D eigenvalue weighted by molar-refractivity contribution is 0.164. The lowest BCUT2D eigenvalue weighted by Crippen LogP contribution is -2.21. The van der Waals surface area contributed by atoms with Crippen LogP contribution in [0.5, 0.6) is 0 Å². The fourth-order valence-corrected chi connectivity index (χ4v) is 1.58. The molecule has 1 amide bonds. The lowest BCUT2D eigenvalue weighted by Gasteiger charge is -2.11. The number of aromatic nitrogens is 1. The number of carbonyl (C=O) groups excluding carboxylic acids is 1. The summed E-state index contributed by atoms with van der Waals surface area (Å²) in [7, 11) is 0. The molecule has 1 N–H and O–H groups in total. The number of fused-ring (bicyclic) bond motifs is 1. The number of rotatable bonds is 2. The Labute approximate surface area is 123 Å². The molecule has 0 bridgehead atoms. The number of amides is 1. The minimum absolute atomic E-state index is 0.340. The molecule has 0 saturated carbocycles. The highest BCUT2D eigenvalue weighted by atomic mass is 35.6. The van der Waals surface area contributed by atoms with Gasteiger partial charge in [-0.15, -0.1) is 0 Å². The maximum atomic E-state index is 11.4. The molecule has 0 fully saturated rings. The third-order valence-electron chi connectivity index (χ3n) is 2.11. The second kappa shape index (κ2) is 5.45. The van der Waals surface area contributed by atoms with E-state index in [0.29, 0.717) is 22.7 Å². The van der Waals surface area contributed by atoms with E-state index in [4.69, 9.17) is 44.0 Å². The van der Waals surface area contributed by atoms with Gasteiger partial charge in [0, 0.05) is 18.7 Å². The summed E-state index contributed by atoms with van der Waals surface area (Å²) >= 11 is 16.4. The molecule has 1 aromatic heterocycles. The molecule has 5 nitrogen and oxygen atoms in total. The van der Waals surface area contributed by atoms with Gasteiger partial charge >= 0.3 is 6.09 Å². The van der Waals surface area contributed by atoms with E-state index >= 15 is 0 Å². The monoisotopic (exact) mass is 322 g/mol. The molecule has 19 heavy (non-hydrogen) atoms. The Balaban J connectivity index is 2.02. The number of aryl methyl sites for hydroxylation is 1. The van der Waals surface area contributed by atoms with E-state index in [1.54, 1.807) is 25.1 Å². The molecule has 0 aliphatic heterocycles. The number of carbonyl (C=O) groups is 1. The van der Waals surface area contributed by atoms with Crippen molar-refractivity contribution in [1.82, 2.24) is 4.98 Å². The Morgan fingerprint density at radius 1 is 1.47 bits per heavy atom. The molecule has 0 saturated heterocycles. The van der Waals surface area contributed by atoms with Crippen molar-refractivity contribution in [2.24, 2.45) is 0 Å². The smallest absolute Gasteiger partial charge is 0.411 e. The van der Waals surface area contributed by atoms with Crippen molar-refractivity contribution >= 4 is 57.7 Å². The summed E-state index contributed by atoms with van der Waals surface area (Å²) in [6.07, 6.45) is -0.720. The summed E-state index contributed by atoms with van der Waals surface area (Å²) in [5.74, 6) is 0.547. The Kier molecular flexibility index (Phi) is 4.08. The Morgan fingerprint density at radius 2 is 2.21 bits per heavy atom. The first-order chi connectivity index (χ1) is 8.83. The van der Waals surface area contributed by atoms with E-state index in [0.717, 1.165) is 0 Å².